The maximum absolute atomic E-state index is 11.6. The largest absolute Gasteiger partial charge is 0.466 e. The van der Waals surface area contributed by atoms with E-state index in [9.17, 15) is 9.90 Å². The van der Waals surface area contributed by atoms with Crippen molar-refractivity contribution in [3.8, 4) is 0 Å². The number of esters is 1. The van der Waals surface area contributed by atoms with E-state index in [1.54, 1.807) is 0 Å². The van der Waals surface area contributed by atoms with Crippen molar-refractivity contribution in [2.75, 3.05) is 32.9 Å². The van der Waals surface area contributed by atoms with Crippen molar-refractivity contribution >= 4 is 5.97 Å². The molecule has 0 aliphatic heterocycles. The fourth-order valence-corrected chi connectivity index (χ4v) is 2.44. The van der Waals surface area contributed by atoms with Crippen LogP contribution in [0.5, 0.6) is 0 Å². The van der Waals surface area contributed by atoms with Crippen molar-refractivity contribution in [1.29, 1.82) is 0 Å². The zero-order valence-electron chi connectivity index (χ0n) is 12.1. The highest BCUT2D eigenvalue weighted by Crippen LogP contribution is 2.32. The van der Waals surface area contributed by atoms with Crippen molar-refractivity contribution in [1.82, 2.24) is 5.32 Å². The van der Waals surface area contributed by atoms with E-state index in [-0.39, 0.29) is 11.9 Å². The van der Waals surface area contributed by atoms with Crippen molar-refractivity contribution in [3.05, 3.63) is 0 Å². The summed E-state index contributed by atoms with van der Waals surface area (Å²) in [5.74, 6) is -0.155. The number of carbonyl (C=O) groups excluding carboxylic acids is 1. The van der Waals surface area contributed by atoms with Crippen molar-refractivity contribution < 1.29 is 19.4 Å². The summed E-state index contributed by atoms with van der Waals surface area (Å²) >= 11 is 0. The highest BCUT2D eigenvalue weighted by Gasteiger charge is 2.35. The fraction of sp³-hybridized carbons (Fsp3) is 0.929. The van der Waals surface area contributed by atoms with Crippen LogP contribution in [0.3, 0.4) is 0 Å². The molecule has 5 heteroatoms. The molecule has 0 aromatic rings. The quantitative estimate of drug-likeness (QED) is 0.512. The molecule has 1 saturated carbocycles. The van der Waals surface area contributed by atoms with Gasteiger partial charge >= 0.3 is 5.97 Å². The van der Waals surface area contributed by atoms with Gasteiger partial charge in [0.05, 0.1) is 24.7 Å². The third-order valence-electron chi connectivity index (χ3n) is 3.62. The van der Waals surface area contributed by atoms with E-state index in [4.69, 9.17) is 9.47 Å². The van der Waals surface area contributed by atoms with Gasteiger partial charge in [0.15, 0.2) is 0 Å². The molecule has 0 bridgehead atoms. The SMILES string of the molecule is CCOCCNCC1(O)CCC(C(=O)OCC)CC1. The Bertz CT molecular complexity index is 262. The minimum atomic E-state index is -0.685. The first-order chi connectivity index (χ1) is 9.11. The van der Waals surface area contributed by atoms with Crippen LogP contribution < -0.4 is 5.32 Å². The smallest absolute Gasteiger partial charge is 0.308 e. The molecule has 2 N–H and O–H groups in total. The van der Waals surface area contributed by atoms with Gasteiger partial charge < -0.3 is 19.9 Å². The Morgan fingerprint density at radius 1 is 1.32 bits per heavy atom. The number of nitrogens with one attached hydrogen (secondary N) is 1. The molecule has 0 aromatic carbocycles. The summed E-state index contributed by atoms with van der Waals surface area (Å²) in [6.07, 6.45) is 2.72. The first-order valence-electron chi connectivity index (χ1n) is 7.29. The number of carbonyl (C=O) groups is 1. The van der Waals surface area contributed by atoms with Crippen molar-refractivity contribution in [2.24, 2.45) is 5.92 Å². The maximum atomic E-state index is 11.6. The van der Waals surface area contributed by atoms with Crippen LogP contribution in [-0.4, -0.2) is 49.6 Å². The number of ether oxygens (including phenoxy) is 2. The summed E-state index contributed by atoms with van der Waals surface area (Å²) in [5, 5.41) is 13.6. The first kappa shape index (κ1) is 16.4. The lowest BCUT2D eigenvalue weighted by atomic mass is 9.79. The normalized spacial score (nSPS) is 27.2. The van der Waals surface area contributed by atoms with E-state index in [1.807, 2.05) is 13.8 Å². The monoisotopic (exact) mass is 273 g/mol. The predicted octanol–water partition coefficient (Wildman–Crippen LogP) is 1.10. The van der Waals surface area contributed by atoms with Gasteiger partial charge in [0, 0.05) is 19.7 Å². The highest BCUT2D eigenvalue weighted by molar-refractivity contribution is 5.72. The minimum Gasteiger partial charge on any atom is -0.466 e. The van der Waals surface area contributed by atoms with Gasteiger partial charge in [-0.15, -0.1) is 0 Å². The van der Waals surface area contributed by atoms with Gasteiger partial charge in [-0.3, -0.25) is 4.79 Å². The minimum absolute atomic E-state index is 0.0383. The van der Waals surface area contributed by atoms with Crippen molar-refractivity contribution in [3.63, 3.8) is 0 Å². The topological polar surface area (TPSA) is 67.8 Å². The molecular weight excluding hydrogens is 246 g/mol. The molecule has 1 aliphatic carbocycles. The summed E-state index contributed by atoms with van der Waals surface area (Å²) < 4.78 is 10.2. The Morgan fingerprint density at radius 3 is 2.58 bits per heavy atom. The molecule has 5 nitrogen and oxygen atoms in total. The van der Waals surface area contributed by atoms with E-state index < -0.39 is 5.60 Å². The van der Waals surface area contributed by atoms with E-state index in [0.717, 1.165) is 6.54 Å². The summed E-state index contributed by atoms with van der Waals surface area (Å²) in [6, 6.07) is 0. The van der Waals surface area contributed by atoms with Crippen LogP contribution in [0.1, 0.15) is 39.5 Å². The number of rotatable bonds is 8. The second-order valence-electron chi connectivity index (χ2n) is 5.12. The van der Waals surface area contributed by atoms with Gasteiger partial charge in [0.2, 0.25) is 0 Å². The molecule has 0 spiro atoms. The van der Waals surface area contributed by atoms with Crippen LogP contribution in [0.25, 0.3) is 0 Å². The van der Waals surface area contributed by atoms with E-state index in [1.165, 1.54) is 0 Å². The second kappa shape index (κ2) is 8.51. The molecule has 0 aromatic heterocycles. The Hall–Kier alpha value is -0.650. The predicted molar refractivity (Wildman–Crippen MR) is 72.9 cm³/mol. The maximum Gasteiger partial charge on any atom is 0.308 e. The second-order valence-corrected chi connectivity index (χ2v) is 5.12. The standard InChI is InChI=1S/C14H27NO4/c1-3-18-10-9-15-11-14(17)7-5-12(6-8-14)13(16)19-4-2/h12,15,17H,3-11H2,1-2H3. The third kappa shape index (κ3) is 5.89. The molecule has 1 aliphatic rings. The van der Waals surface area contributed by atoms with Gasteiger partial charge in [-0.25, -0.2) is 0 Å². The van der Waals surface area contributed by atoms with Crippen LogP contribution in [0, 0.1) is 5.92 Å². The Balaban J connectivity index is 2.21. The molecule has 0 radical (unpaired) electrons. The zero-order chi connectivity index (χ0) is 14.1. The molecular formula is C14H27NO4. The average molecular weight is 273 g/mol. The summed E-state index contributed by atoms with van der Waals surface area (Å²) in [4.78, 5) is 11.6. The Morgan fingerprint density at radius 2 is 2.00 bits per heavy atom. The number of aliphatic hydroxyl groups is 1. The number of hydrogen-bond donors (Lipinski definition) is 2. The van der Waals surface area contributed by atoms with Crippen molar-refractivity contribution in [2.45, 2.75) is 45.1 Å². The highest BCUT2D eigenvalue weighted by atomic mass is 16.5. The van der Waals surface area contributed by atoms with Gasteiger partial charge in [-0.1, -0.05) is 0 Å². The Labute approximate surface area is 115 Å². The lowest BCUT2D eigenvalue weighted by Crippen LogP contribution is -2.45. The molecule has 0 heterocycles. The molecule has 1 rings (SSSR count). The summed E-state index contributed by atoms with van der Waals surface area (Å²) in [6.45, 7) is 6.90. The first-order valence-corrected chi connectivity index (χ1v) is 7.29. The van der Waals surface area contributed by atoms with Crippen LogP contribution in [0.15, 0.2) is 0 Å². The molecule has 1 fully saturated rings. The van der Waals surface area contributed by atoms with Crippen LogP contribution in [0.4, 0.5) is 0 Å². The van der Waals surface area contributed by atoms with E-state index in [2.05, 4.69) is 5.32 Å². The lowest BCUT2D eigenvalue weighted by Gasteiger charge is -2.35. The summed E-state index contributed by atoms with van der Waals surface area (Å²) in [7, 11) is 0. The van der Waals surface area contributed by atoms with Crippen LogP contribution in [0.2, 0.25) is 0 Å². The van der Waals surface area contributed by atoms with Gasteiger partial charge in [0.25, 0.3) is 0 Å². The van der Waals surface area contributed by atoms with Crippen LogP contribution >= 0.6 is 0 Å². The molecule has 0 saturated heterocycles. The summed E-state index contributed by atoms with van der Waals surface area (Å²) in [5.41, 5.74) is -0.685. The Kier molecular flexibility index (Phi) is 7.34. The van der Waals surface area contributed by atoms with Crippen LogP contribution in [-0.2, 0) is 14.3 Å². The molecule has 19 heavy (non-hydrogen) atoms. The van der Waals surface area contributed by atoms with Gasteiger partial charge in [0.1, 0.15) is 0 Å². The van der Waals surface area contributed by atoms with Gasteiger partial charge in [-0.05, 0) is 39.5 Å². The number of hydrogen-bond acceptors (Lipinski definition) is 5. The molecule has 112 valence electrons. The molecule has 0 atom stereocenters. The lowest BCUT2D eigenvalue weighted by molar-refractivity contribution is -0.151. The van der Waals surface area contributed by atoms with E-state index >= 15 is 0 Å². The molecule has 0 amide bonds. The third-order valence-corrected chi connectivity index (χ3v) is 3.62. The van der Waals surface area contributed by atoms with E-state index in [0.29, 0.717) is 52.0 Å². The fourth-order valence-electron chi connectivity index (χ4n) is 2.44. The van der Waals surface area contributed by atoms with Gasteiger partial charge in [-0.2, -0.15) is 0 Å². The average Bonchev–Trinajstić information content (AvgIpc) is 2.39. The molecule has 0 unspecified atom stereocenters. The zero-order valence-corrected chi connectivity index (χ0v) is 12.1.